The van der Waals surface area contributed by atoms with Gasteiger partial charge in [-0.3, -0.25) is 6.08 Å². The Morgan fingerprint density at radius 2 is 2.00 bits per heavy atom. The average Bonchev–Trinajstić information content (AvgIpc) is 2.88. The topological polar surface area (TPSA) is 0 Å². The van der Waals surface area contributed by atoms with E-state index < -0.39 is 0 Å². The predicted octanol–water partition coefficient (Wildman–Crippen LogP) is 4.25. The zero-order valence-electron chi connectivity index (χ0n) is 9.40. The molecule has 2 aromatic rings. The Morgan fingerprint density at radius 1 is 1.19 bits per heavy atom. The van der Waals surface area contributed by atoms with Gasteiger partial charge in [-0.25, -0.2) is 11.6 Å². The smallest absolute Gasteiger partial charge is 0.270 e. The van der Waals surface area contributed by atoms with Crippen LogP contribution in [0.5, 0.6) is 0 Å². The van der Waals surface area contributed by atoms with Crippen molar-refractivity contribution in [1.29, 1.82) is 0 Å². The van der Waals surface area contributed by atoms with Gasteiger partial charge in [-0.05, 0) is 0 Å². The molecule has 0 aliphatic heterocycles. The fourth-order valence-electron chi connectivity index (χ4n) is 1.58. The van der Waals surface area contributed by atoms with E-state index in [-0.39, 0.29) is 26.2 Å². The van der Waals surface area contributed by atoms with Crippen LogP contribution >= 0.6 is 0 Å². The predicted molar refractivity (Wildman–Crippen MR) is 65.7 cm³/mol. The standard InChI is InChI=1S/C9H7.C6H7.Zr/c1-2-5-9-7-3-6-8(9)4-1;1-6-4-2-3-5-6;/h1-7H;2,4H,3H2,1H3;/q2*-1;+2. The first kappa shape index (κ1) is 13.3. The molecule has 0 aromatic heterocycles. The van der Waals surface area contributed by atoms with Gasteiger partial charge in [-0.15, -0.1) is 36.1 Å². The molecular formula is C15H14Zr. The van der Waals surface area contributed by atoms with E-state index in [1.54, 1.807) is 0 Å². The fraction of sp³-hybridized carbons (Fsp3) is 0.133. The SMILES string of the molecule is CC1=[C-]CC=C1.[Zr+2].c1ccc2[cH-]ccc2c1. The molecule has 1 heteroatoms. The summed E-state index contributed by atoms with van der Waals surface area (Å²) in [6, 6.07) is 14.7. The summed E-state index contributed by atoms with van der Waals surface area (Å²) in [4.78, 5) is 0. The minimum atomic E-state index is 0. The Labute approximate surface area is 116 Å². The van der Waals surface area contributed by atoms with E-state index >= 15 is 0 Å². The Balaban J connectivity index is 0.000000162. The largest absolute Gasteiger partial charge is 2.00 e. The quantitative estimate of drug-likeness (QED) is 0.635. The molecule has 0 bridgehead atoms. The molecule has 0 atom stereocenters. The van der Waals surface area contributed by atoms with Crippen LogP contribution in [-0.4, -0.2) is 0 Å². The van der Waals surface area contributed by atoms with Crippen LogP contribution in [-0.2, 0) is 26.2 Å². The summed E-state index contributed by atoms with van der Waals surface area (Å²) in [7, 11) is 0. The third-order valence-corrected chi connectivity index (χ3v) is 2.41. The van der Waals surface area contributed by atoms with Crippen molar-refractivity contribution < 1.29 is 26.2 Å². The van der Waals surface area contributed by atoms with Gasteiger partial charge < -0.3 is 0 Å². The third kappa shape index (κ3) is 3.65. The second-order valence-corrected chi connectivity index (χ2v) is 3.62. The summed E-state index contributed by atoms with van der Waals surface area (Å²) in [5.74, 6) is 0. The first-order chi connectivity index (χ1) is 7.36. The van der Waals surface area contributed by atoms with Gasteiger partial charge in [0.25, 0.3) is 0 Å². The molecule has 0 amide bonds. The molecule has 0 N–H and O–H groups in total. The molecule has 0 unspecified atom stereocenters. The number of rotatable bonds is 0. The molecule has 0 radical (unpaired) electrons. The minimum absolute atomic E-state index is 0. The maximum atomic E-state index is 3.12. The van der Waals surface area contributed by atoms with E-state index in [0.717, 1.165) is 6.42 Å². The molecule has 1 aliphatic carbocycles. The summed E-state index contributed by atoms with van der Waals surface area (Å²) >= 11 is 0. The van der Waals surface area contributed by atoms with E-state index in [0.29, 0.717) is 0 Å². The minimum Gasteiger partial charge on any atom is -0.270 e. The number of benzene rings is 1. The summed E-state index contributed by atoms with van der Waals surface area (Å²) < 4.78 is 0. The molecule has 1 aliphatic rings. The molecule has 0 fully saturated rings. The van der Waals surface area contributed by atoms with Gasteiger partial charge in [0.05, 0.1) is 0 Å². The third-order valence-electron chi connectivity index (χ3n) is 2.41. The Bertz CT molecular complexity index is 456. The fourth-order valence-corrected chi connectivity index (χ4v) is 1.58. The van der Waals surface area contributed by atoms with Crippen LogP contribution < -0.4 is 0 Å². The summed E-state index contributed by atoms with van der Waals surface area (Å²) in [6.45, 7) is 2.06. The van der Waals surface area contributed by atoms with E-state index in [4.69, 9.17) is 0 Å². The molecule has 2 aromatic carbocycles. The second kappa shape index (κ2) is 6.71. The molecule has 0 saturated carbocycles. The number of fused-ring (bicyclic) bond motifs is 1. The summed E-state index contributed by atoms with van der Waals surface area (Å²) in [5, 5.41) is 2.66. The molecule has 0 saturated heterocycles. The van der Waals surface area contributed by atoms with E-state index in [2.05, 4.69) is 67.6 Å². The van der Waals surface area contributed by atoms with Crippen LogP contribution in [0.15, 0.2) is 60.2 Å². The second-order valence-electron chi connectivity index (χ2n) is 3.62. The number of allylic oxidation sites excluding steroid dienone is 4. The van der Waals surface area contributed by atoms with Crippen LogP contribution in [0.4, 0.5) is 0 Å². The molecule has 3 rings (SSSR count). The van der Waals surface area contributed by atoms with E-state index in [1.165, 1.54) is 16.3 Å². The molecule has 0 spiro atoms. The van der Waals surface area contributed by atoms with E-state index in [1.807, 2.05) is 0 Å². The summed E-state index contributed by atoms with van der Waals surface area (Å²) in [6.07, 6.45) is 8.33. The van der Waals surface area contributed by atoms with Crippen molar-refractivity contribution >= 4 is 10.8 Å². The first-order valence-corrected chi connectivity index (χ1v) is 5.21. The van der Waals surface area contributed by atoms with Gasteiger partial charge in [0.15, 0.2) is 0 Å². The van der Waals surface area contributed by atoms with Gasteiger partial charge >= 0.3 is 26.2 Å². The van der Waals surface area contributed by atoms with Crippen LogP contribution in [0.25, 0.3) is 10.8 Å². The maximum absolute atomic E-state index is 3.12. The normalized spacial score (nSPS) is 12.7. The van der Waals surface area contributed by atoms with Crippen molar-refractivity contribution in [3.63, 3.8) is 0 Å². The van der Waals surface area contributed by atoms with Crippen molar-refractivity contribution in [2.45, 2.75) is 13.3 Å². The van der Waals surface area contributed by atoms with Crippen LogP contribution in [0.2, 0.25) is 0 Å². The Kier molecular flexibility index (Phi) is 5.56. The van der Waals surface area contributed by atoms with Crippen LogP contribution in [0.3, 0.4) is 0 Å². The van der Waals surface area contributed by atoms with Crippen molar-refractivity contribution in [3.05, 3.63) is 66.3 Å². The monoisotopic (exact) mass is 284 g/mol. The molecule has 78 valence electrons. The van der Waals surface area contributed by atoms with Crippen LogP contribution in [0, 0.1) is 6.08 Å². The Morgan fingerprint density at radius 3 is 2.56 bits per heavy atom. The molecule has 0 heterocycles. The number of hydrogen-bond acceptors (Lipinski definition) is 0. The zero-order valence-corrected chi connectivity index (χ0v) is 11.9. The molecular weight excluding hydrogens is 271 g/mol. The van der Waals surface area contributed by atoms with Crippen LogP contribution in [0.1, 0.15) is 13.3 Å². The maximum Gasteiger partial charge on any atom is 2.00 e. The van der Waals surface area contributed by atoms with Crippen molar-refractivity contribution in [2.24, 2.45) is 0 Å². The average molecular weight is 286 g/mol. The van der Waals surface area contributed by atoms with Gasteiger partial charge in [-0.1, -0.05) is 13.0 Å². The van der Waals surface area contributed by atoms with Gasteiger partial charge in [0.2, 0.25) is 0 Å². The van der Waals surface area contributed by atoms with Crippen molar-refractivity contribution in [3.8, 4) is 0 Å². The Hall–Kier alpha value is -0.807. The molecule has 0 nitrogen and oxygen atoms in total. The first-order valence-electron chi connectivity index (χ1n) is 5.21. The van der Waals surface area contributed by atoms with Crippen molar-refractivity contribution in [1.82, 2.24) is 0 Å². The van der Waals surface area contributed by atoms with Gasteiger partial charge in [-0.2, -0.15) is 23.6 Å². The summed E-state index contributed by atoms with van der Waals surface area (Å²) in [5.41, 5.74) is 1.27. The number of hydrogen-bond donors (Lipinski definition) is 0. The van der Waals surface area contributed by atoms with E-state index in [9.17, 15) is 0 Å². The molecule has 16 heavy (non-hydrogen) atoms. The van der Waals surface area contributed by atoms with Gasteiger partial charge in [0, 0.05) is 0 Å². The van der Waals surface area contributed by atoms with Crippen molar-refractivity contribution in [2.75, 3.05) is 0 Å². The zero-order chi connectivity index (χ0) is 10.5. The van der Waals surface area contributed by atoms with Gasteiger partial charge in [0.1, 0.15) is 0 Å².